The summed E-state index contributed by atoms with van der Waals surface area (Å²) >= 11 is 11.6. The fourth-order valence-corrected chi connectivity index (χ4v) is 4.22. The van der Waals surface area contributed by atoms with E-state index in [0.29, 0.717) is 22.4 Å². The Labute approximate surface area is 232 Å². The molecular weight excluding hydrogens is 528 g/mol. The number of nitrogens with zero attached hydrogens (tertiary/aromatic N) is 5. The van der Waals surface area contributed by atoms with E-state index in [1.807, 2.05) is 0 Å². The molecular formula is C21H14Cl2N5NaO5S. The summed E-state index contributed by atoms with van der Waals surface area (Å²) in [6.45, 7) is 0. The topological polar surface area (TPSA) is 150 Å². The van der Waals surface area contributed by atoms with E-state index in [0.717, 1.165) is 6.07 Å². The number of benzene rings is 3. The Morgan fingerprint density at radius 3 is 2.26 bits per heavy atom. The molecule has 0 aliphatic carbocycles. The molecule has 0 atom stereocenters. The Morgan fingerprint density at radius 1 is 1.00 bits per heavy atom. The summed E-state index contributed by atoms with van der Waals surface area (Å²) in [5.41, 5.74) is 0.550. The van der Waals surface area contributed by atoms with Crippen molar-refractivity contribution in [2.45, 2.75) is 11.3 Å². The minimum absolute atomic E-state index is 0. The third-order valence-electron chi connectivity index (χ3n) is 4.71. The van der Waals surface area contributed by atoms with Gasteiger partial charge in [0.2, 0.25) is 10.6 Å². The maximum Gasteiger partial charge on any atom is 1.00 e. The van der Waals surface area contributed by atoms with Crippen LogP contribution < -0.4 is 34.3 Å². The van der Waals surface area contributed by atoms with Crippen molar-refractivity contribution in [1.29, 1.82) is 0 Å². The van der Waals surface area contributed by atoms with Crippen LogP contribution in [0, 0.1) is 0 Å². The van der Waals surface area contributed by atoms with Gasteiger partial charge in [-0.1, -0.05) is 18.2 Å². The molecule has 0 fully saturated rings. The number of phenols is 1. The number of hydrogen-bond acceptors (Lipinski definition) is 10. The van der Waals surface area contributed by atoms with Gasteiger partial charge < -0.3 is 14.4 Å². The van der Waals surface area contributed by atoms with Crippen LogP contribution in [0.3, 0.4) is 0 Å². The number of aromatic nitrogens is 3. The number of ether oxygens (including phenoxy) is 1. The second kappa shape index (κ2) is 11.1. The minimum atomic E-state index is -5.00. The molecule has 0 unspecified atom stereocenters. The van der Waals surface area contributed by atoms with Crippen molar-refractivity contribution in [3.05, 3.63) is 70.5 Å². The first-order valence-electron chi connectivity index (χ1n) is 9.50. The molecule has 0 bridgehead atoms. The standard InChI is InChI=1S/C21H15Cl2N5O5S.Na/c1-33-14-5-3-13(4-6-14)27-28-18-16(34(30,31)32)10-12-8-11(2-7-15(12)19(18)29)9-17-24-20(22)26-21(23)25-17;/h2-8,10,29H,9H2,1H3,(H,30,31,32);/q;+1/p-1. The van der Waals surface area contributed by atoms with Crippen molar-refractivity contribution >= 4 is 55.5 Å². The van der Waals surface area contributed by atoms with Gasteiger partial charge in [-0.05, 0) is 64.5 Å². The predicted molar refractivity (Wildman–Crippen MR) is 123 cm³/mol. The molecule has 0 saturated heterocycles. The van der Waals surface area contributed by atoms with E-state index < -0.39 is 26.5 Å². The molecule has 1 N–H and O–H groups in total. The smallest absolute Gasteiger partial charge is 0.744 e. The first-order valence-corrected chi connectivity index (χ1v) is 11.7. The Hall–Kier alpha value is -2.38. The number of methoxy groups -OCH3 is 1. The van der Waals surface area contributed by atoms with Gasteiger partial charge in [0.05, 0.1) is 17.7 Å². The average Bonchev–Trinajstić information content (AvgIpc) is 2.77. The van der Waals surface area contributed by atoms with Crippen molar-refractivity contribution < 1.29 is 52.4 Å². The molecule has 0 radical (unpaired) electrons. The summed E-state index contributed by atoms with van der Waals surface area (Å²) in [5.74, 6) is 0.380. The fraction of sp³-hybridized carbons (Fsp3) is 0.0952. The zero-order valence-corrected chi connectivity index (χ0v) is 22.6. The maximum atomic E-state index is 12.0. The second-order valence-electron chi connectivity index (χ2n) is 6.95. The van der Waals surface area contributed by atoms with E-state index >= 15 is 0 Å². The largest absolute Gasteiger partial charge is 1.00 e. The van der Waals surface area contributed by atoms with Gasteiger partial charge in [-0.15, -0.1) is 5.11 Å². The normalized spacial score (nSPS) is 11.5. The van der Waals surface area contributed by atoms with Crippen molar-refractivity contribution in [3.8, 4) is 11.5 Å². The van der Waals surface area contributed by atoms with Gasteiger partial charge in [0, 0.05) is 11.8 Å². The number of halogens is 2. The van der Waals surface area contributed by atoms with Crippen LogP contribution in [0.4, 0.5) is 11.4 Å². The predicted octanol–water partition coefficient (Wildman–Crippen LogP) is 1.96. The van der Waals surface area contributed by atoms with Crippen LogP contribution in [0.25, 0.3) is 10.8 Å². The van der Waals surface area contributed by atoms with Gasteiger partial charge in [0.1, 0.15) is 27.4 Å². The molecule has 0 amide bonds. The Balaban J connectivity index is 0.00000342. The van der Waals surface area contributed by atoms with Crippen LogP contribution in [-0.4, -0.2) is 40.1 Å². The molecule has 14 heteroatoms. The quantitative estimate of drug-likeness (QED) is 0.221. The summed E-state index contributed by atoms with van der Waals surface area (Å²) in [6.07, 6.45) is 0.192. The van der Waals surface area contributed by atoms with Gasteiger partial charge in [-0.3, -0.25) is 0 Å². The van der Waals surface area contributed by atoms with Crippen molar-refractivity contribution in [1.82, 2.24) is 15.0 Å². The van der Waals surface area contributed by atoms with E-state index in [2.05, 4.69) is 25.2 Å². The number of azo groups is 1. The number of aromatic hydroxyl groups is 1. The maximum absolute atomic E-state index is 12.0. The number of hydrogen-bond donors (Lipinski definition) is 1. The molecule has 4 aromatic rings. The van der Waals surface area contributed by atoms with E-state index in [4.69, 9.17) is 27.9 Å². The molecule has 1 aromatic heterocycles. The van der Waals surface area contributed by atoms with Gasteiger partial charge in [-0.2, -0.15) is 10.1 Å². The third kappa shape index (κ3) is 6.44. The van der Waals surface area contributed by atoms with Crippen LogP contribution in [0.2, 0.25) is 10.6 Å². The van der Waals surface area contributed by atoms with Crippen molar-refractivity contribution in [3.63, 3.8) is 0 Å². The first-order chi connectivity index (χ1) is 16.1. The summed E-state index contributed by atoms with van der Waals surface area (Å²) < 4.78 is 40.9. The molecule has 4 rings (SSSR count). The summed E-state index contributed by atoms with van der Waals surface area (Å²) in [5, 5.41) is 19.0. The van der Waals surface area contributed by atoms with E-state index in [1.54, 1.807) is 42.5 Å². The first kappa shape index (κ1) is 27.2. The third-order valence-corrected chi connectivity index (χ3v) is 5.90. The van der Waals surface area contributed by atoms with E-state index in [1.165, 1.54) is 7.11 Å². The zero-order chi connectivity index (χ0) is 24.5. The van der Waals surface area contributed by atoms with Crippen LogP contribution in [0.15, 0.2) is 63.7 Å². The summed E-state index contributed by atoms with van der Waals surface area (Å²) in [7, 11) is -3.49. The van der Waals surface area contributed by atoms with Crippen LogP contribution in [-0.2, 0) is 16.5 Å². The minimum Gasteiger partial charge on any atom is -0.744 e. The molecule has 0 spiro atoms. The molecule has 0 aliphatic heterocycles. The Morgan fingerprint density at radius 2 is 1.66 bits per heavy atom. The summed E-state index contributed by atoms with van der Waals surface area (Å²) in [6, 6.07) is 12.4. The second-order valence-corrected chi connectivity index (χ2v) is 8.97. The van der Waals surface area contributed by atoms with E-state index in [-0.39, 0.29) is 57.8 Å². The van der Waals surface area contributed by atoms with Gasteiger partial charge >= 0.3 is 29.6 Å². The van der Waals surface area contributed by atoms with Crippen LogP contribution in [0.1, 0.15) is 11.4 Å². The van der Waals surface area contributed by atoms with Crippen LogP contribution >= 0.6 is 23.2 Å². The Kier molecular flexibility index (Phi) is 8.65. The monoisotopic (exact) mass is 541 g/mol. The molecule has 1 heterocycles. The number of phenolic OH excluding ortho intramolecular Hbond substituents is 1. The number of fused-ring (bicyclic) bond motifs is 1. The SMILES string of the molecule is COc1ccc(N=Nc2c(S(=O)(=O)[O-])cc3cc(Cc4nc(Cl)nc(Cl)n4)ccc3c2O)cc1.[Na+]. The molecule has 0 saturated carbocycles. The molecule has 10 nitrogen and oxygen atoms in total. The molecule has 0 aliphatic rings. The van der Waals surface area contributed by atoms with Gasteiger partial charge in [-0.25, -0.2) is 18.4 Å². The van der Waals surface area contributed by atoms with Crippen LogP contribution in [0.5, 0.6) is 11.5 Å². The molecule has 174 valence electrons. The van der Waals surface area contributed by atoms with Gasteiger partial charge in [0.15, 0.2) is 5.75 Å². The zero-order valence-electron chi connectivity index (χ0n) is 18.3. The number of rotatable bonds is 6. The van der Waals surface area contributed by atoms with Crippen molar-refractivity contribution in [2.75, 3.05) is 7.11 Å². The average molecular weight is 542 g/mol. The Bertz CT molecular complexity index is 1520. The summed E-state index contributed by atoms with van der Waals surface area (Å²) in [4.78, 5) is 11.0. The molecule has 3 aromatic carbocycles. The van der Waals surface area contributed by atoms with E-state index in [9.17, 15) is 18.1 Å². The fourth-order valence-electron chi connectivity index (χ4n) is 3.18. The van der Waals surface area contributed by atoms with Crippen molar-refractivity contribution in [2.24, 2.45) is 10.2 Å². The molecule has 35 heavy (non-hydrogen) atoms. The van der Waals surface area contributed by atoms with Gasteiger partial charge in [0.25, 0.3) is 0 Å².